The zero-order valence-corrected chi connectivity index (χ0v) is 12.3. The minimum absolute atomic E-state index is 0.116. The van der Waals surface area contributed by atoms with Gasteiger partial charge in [-0.2, -0.15) is 0 Å². The Balaban J connectivity index is 2.63. The number of rotatable bonds is 5. The summed E-state index contributed by atoms with van der Waals surface area (Å²) in [5.41, 5.74) is 5.24. The maximum absolute atomic E-state index is 13.5. The Morgan fingerprint density at radius 2 is 1.95 bits per heavy atom. The van der Waals surface area contributed by atoms with E-state index < -0.39 is 17.3 Å². The van der Waals surface area contributed by atoms with Gasteiger partial charge < -0.3 is 21.5 Å². The number of nitrogen functional groups attached to an aromatic ring is 1. The highest BCUT2D eigenvalue weighted by molar-refractivity contribution is 5.90. The fourth-order valence-corrected chi connectivity index (χ4v) is 1.70. The summed E-state index contributed by atoms with van der Waals surface area (Å²) in [5.74, 6) is -2.40. The molecule has 6 nitrogen and oxygen atoms in total. The van der Waals surface area contributed by atoms with Gasteiger partial charge in [-0.25, -0.2) is 9.18 Å². The normalized spacial score (nSPS) is 11.0. The van der Waals surface area contributed by atoms with E-state index in [-0.39, 0.29) is 35.8 Å². The number of hydrogen-bond donors (Lipinski definition) is 4. The lowest BCUT2D eigenvalue weighted by molar-refractivity contribution is -0.122. The summed E-state index contributed by atoms with van der Waals surface area (Å²) >= 11 is 0. The number of carboxylic acids is 1. The molecular formula is C14H20FN3O3. The SMILES string of the molecule is CC(C)(C)NC(=O)CCNc1cc(F)c(C(=O)O)cc1N. The summed E-state index contributed by atoms with van der Waals surface area (Å²) in [5, 5.41) is 14.4. The molecule has 21 heavy (non-hydrogen) atoms. The van der Waals surface area contributed by atoms with Crippen molar-refractivity contribution >= 4 is 23.3 Å². The Hall–Kier alpha value is -2.31. The predicted octanol–water partition coefficient (Wildman–Crippen LogP) is 1.82. The number of nitrogens with two attached hydrogens (primary N) is 1. The van der Waals surface area contributed by atoms with Gasteiger partial charge in [-0.05, 0) is 32.9 Å². The molecule has 116 valence electrons. The van der Waals surface area contributed by atoms with Crippen LogP contribution in [-0.2, 0) is 4.79 Å². The minimum Gasteiger partial charge on any atom is -0.478 e. The molecule has 0 unspecified atom stereocenters. The first kappa shape index (κ1) is 16.7. The number of anilines is 2. The van der Waals surface area contributed by atoms with Gasteiger partial charge in [0, 0.05) is 18.5 Å². The van der Waals surface area contributed by atoms with Crippen molar-refractivity contribution in [2.45, 2.75) is 32.7 Å². The van der Waals surface area contributed by atoms with Gasteiger partial charge >= 0.3 is 5.97 Å². The van der Waals surface area contributed by atoms with Crippen LogP contribution < -0.4 is 16.4 Å². The van der Waals surface area contributed by atoms with Gasteiger partial charge in [0.1, 0.15) is 5.82 Å². The summed E-state index contributed by atoms with van der Waals surface area (Å²) < 4.78 is 13.5. The van der Waals surface area contributed by atoms with E-state index in [1.165, 1.54) is 0 Å². The lowest BCUT2D eigenvalue weighted by atomic mass is 10.1. The quantitative estimate of drug-likeness (QED) is 0.621. The molecule has 0 saturated carbocycles. The van der Waals surface area contributed by atoms with Crippen LogP contribution in [0.5, 0.6) is 0 Å². The summed E-state index contributed by atoms with van der Waals surface area (Å²) in [4.78, 5) is 22.4. The fourth-order valence-electron chi connectivity index (χ4n) is 1.70. The molecule has 1 aromatic carbocycles. The molecule has 0 radical (unpaired) electrons. The third-order valence-electron chi connectivity index (χ3n) is 2.55. The topological polar surface area (TPSA) is 104 Å². The van der Waals surface area contributed by atoms with Crippen molar-refractivity contribution in [1.82, 2.24) is 5.32 Å². The number of halogens is 1. The van der Waals surface area contributed by atoms with E-state index in [0.29, 0.717) is 0 Å². The fraction of sp³-hybridized carbons (Fsp3) is 0.429. The van der Waals surface area contributed by atoms with Crippen LogP contribution in [0.3, 0.4) is 0 Å². The van der Waals surface area contributed by atoms with E-state index in [4.69, 9.17) is 10.8 Å². The van der Waals surface area contributed by atoms with Crippen molar-refractivity contribution in [1.29, 1.82) is 0 Å². The Bertz CT molecular complexity index is 553. The maximum Gasteiger partial charge on any atom is 0.338 e. The van der Waals surface area contributed by atoms with Crippen molar-refractivity contribution in [2.24, 2.45) is 0 Å². The van der Waals surface area contributed by atoms with Gasteiger partial charge in [0.05, 0.1) is 16.9 Å². The van der Waals surface area contributed by atoms with Gasteiger partial charge in [0.2, 0.25) is 5.91 Å². The van der Waals surface area contributed by atoms with Gasteiger partial charge in [0.15, 0.2) is 0 Å². The summed E-state index contributed by atoms with van der Waals surface area (Å²) in [7, 11) is 0. The van der Waals surface area contributed by atoms with Crippen LogP contribution in [0.15, 0.2) is 12.1 Å². The van der Waals surface area contributed by atoms with Crippen LogP contribution in [0.25, 0.3) is 0 Å². The molecule has 1 amide bonds. The number of nitrogens with one attached hydrogen (secondary N) is 2. The first-order chi connectivity index (χ1) is 9.60. The standard InChI is InChI=1S/C14H20FN3O3/c1-14(2,3)18-12(19)4-5-17-11-7-9(15)8(13(20)21)6-10(11)16/h6-7,17H,4-5,16H2,1-3H3,(H,18,19)(H,20,21). The molecule has 0 atom stereocenters. The van der Waals surface area contributed by atoms with Gasteiger partial charge in [0.25, 0.3) is 0 Å². The number of carbonyl (C=O) groups excluding carboxylic acids is 1. The lowest BCUT2D eigenvalue weighted by Gasteiger charge is -2.20. The van der Waals surface area contributed by atoms with Crippen molar-refractivity contribution in [3.63, 3.8) is 0 Å². The van der Waals surface area contributed by atoms with Crippen LogP contribution >= 0.6 is 0 Å². The highest BCUT2D eigenvalue weighted by Gasteiger charge is 2.15. The molecule has 0 aliphatic carbocycles. The number of hydrogen-bond acceptors (Lipinski definition) is 4. The second-order valence-corrected chi connectivity index (χ2v) is 5.70. The van der Waals surface area contributed by atoms with E-state index in [1.54, 1.807) is 0 Å². The highest BCUT2D eigenvalue weighted by atomic mass is 19.1. The summed E-state index contributed by atoms with van der Waals surface area (Å²) in [6, 6.07) is 2.07. The Kier molecular flexibility index (Phi) is 5.12. The average Bonchev–Trinajstić information content (AvgIpc) is 2.30. The van der Waals surface area contributed by atoms with Crippen molar-refractivity contribution in [3.05, 3.63) is 23.5 Å². The van der Waals surface area contributed by atoms with E-state index in [9.17, 15) is 14.0 Å². The molecule has 1 aromatic rings. The third-order valence-corrected chi connectivity index (χ3v) is 2.55. The predicted molar refractivity (Wildman–Crippen MR) is 78.8 cm³/mol. The molecule has 0 fully saturated rings. The largest absolute Gasteiger partial charge is 0.478 e. The molecule has 0 aliphatic heterocycles. The summed E-state index contributed by atoms with van der Waals surface area (Å²) in [6.07, 6.45) is 0.193. The second kappa shape index (κ2) is 6.43. The molecule has 5 N–H and O–H groups in total. The molecule has 7 heteroatoms. The highest BCUT2D eigenvalue weighted by Crippen LogP contribution is 2.23. The molecule has 0 aliphatic rings. The molecule has 0 spiro atoms. The smallest absolute Gasteiger partial charge is 0.338 e. The number of carboxylic acid groups (broad SMARTS) is 1. The first-order valence-corrected chi connectivity index (χ1v) is 6.47. The van der Waals surface area contributed by atoms with Crippen molar-refractivity contribution in [2.75, 3.05) is 17.6 Å². The second-order valence-electron chi connectivity index (χ2n) is 5.70. The lowest BCUT2D eigenvalue weighted by Crippen LogP contribution is -2.41. The van der Waals surface area contributed by atoms with Gasteiger partial charge in [-0.1, -0.05) is 0 Å². The van der Waals surface area contributed by atoms with Crippen molar-refractivity contribution in [3.8, 4) is 0 Å². The van der Waals surface area contributed by atoms with Crippen LogP contribution in [0, 0.1) is 5.82 Å². The molecule has 0 heterocycles. The minimum atomic E-state index is -1.38. The molecule has 1 rings (SSSR count). The number of aromatic carboxylic acids is 1. The first-order valence-electron chi connectivity index (χ1n) is 6.47. The van der Waals surface area contributed by atoms with E-state index >= 15 is 0 Å². The number of carbonyl (C=O) groups is 2. The maximum atomic E-state index is 13.5. The van der Waals surface area contributed by atoms with Crippen LogP contribution in [0.1, 0.15) is 37.6 Å². The monoisotopic (exact) mass is 297 g/mol. The zero-order chi connectivity index (χ0) is 16.2. The van der Waals surface area contributed by atoms with Gasteiger partial charge in [-0.15, -0.1) is 0 Å². The van der Waals surface area contributed by atoms with E-state index in [0.717, 1.165) is 12.1 Å². The van der Waals surface area contributed by atoms with Crippen LogP contribution in [0.2, 0.25) is 0 Å². The Labute approximate surface area is 122 Å². The molecule has 0 saturated heterocycles. The summed E-state index contributed by atoms with van der Waals surface area (Å²) in [6.45, 7) is 5.88. The number of benzene rings is 1. The Morgan fingerprint density at radius 3 is 2.48 bits per heavy atom. The van der Waals surface area contributed by atoms with Gasteiger partial charge in [-0.3, -0.25) is 4.79 Å². The zero-order valence-electron chi connectivity index (χ0n) is 12.3. The van der Waals surface area contributed by atoms with Crippen LogP contribution in [-0.4, -0.2) is 29.1 Å². The van der Waals surface area contributed by atoms with E-state index in [1.807, 2.05) is 20.8 Å². The molecule has 0 aromatic heterocycles. The number of amides is 1. The molecule has 0 bridgehead atoms. The Morgan fingerprint density at radius 1 is 1.33 bits per heavy atom. The van der Waals surface area contributed by atoms with Crippen molar-refractivity contribution < 1.29 is 19.1 Å². The van der Waals surface area contributed by atoms with E-state index in [2.05, 4.69) is 10.6 Å². The molecular weight excluding hydrogens is 277 g/mol. The average molecular weight is 297 g/mol. The van der Waals surface area contributed by atoms with Crippen LogP contribution in [0.4, 0.5) is 15.8 Å². The third kappa shape index (κ3) is 5.29.